The lowest BCUT2D eigenvalue weighted by atomic mass is 10.0. The van der Waals surface area contributed by atoms with Gasteiger partial charge < -0.3 is 10.1 Å². The number of nitrogens with one attached hydrogen (secondary N) is 1. The predicted octanol–water partition coefficient (Wildman–Crippen LogP) is 4.86. The van der Waals surface area contributed by atoms with Gasteiger partial charge in [-0.05, 0) is 66.9 Å². The van der Waals surface area contributed by atoms with E-state index in [-0.39, 0.29) is 11.9 Å². The van der Waals surface area contributed by atoms with Crippen LogP contribution in [0, 0.1) is 13.8 Å². The lowest BCUT2D eigenvalue weighted by Crippen LogP contribution is -2.43. The summed E-state index contributed by atoms with van der Waals surface area (Å²) in [6.07, 6.45) is -0.397. The molecule has 0 saturated heterocycles. The van der Waals surface area contributed by atoms with Gasteiger partial charge in [-0.15, -0.1) is 0 Å². The molecule has 0 radical (unpaired) electrons. The normalized spacial score (nSPS) is 15.5. The van der Waals surface area contributed by atoms with Gasteiger partial charge in [-0.25, -0.2) is 4.79 Å². The molecule has 1 aliphatic heterocycles. The second kappa shape index (κ2) is 7.43. The summed E-state index contributed by atoms with van der Waals surface area (Å²) < 4.78 is 4.78. The quantitative estimate of drug-likeness (QED) is 0.653. The number of para-hydroxylation sites is 1. The van der Waals surface area contributed by atoms with Crippen molar-refractivity contribution < 1.29 is 14.3 Å². The molecule has 0 bridgehead atoms. The van der Waals surface area contributed by atoms with Gasteiger partial charge in [-0.1, -0.05) is 30.3 Å². The van der Waals surface area contributed by atoms with Gasteiger partial charge in [0.1, 0.15) is 6.17 Å². The average molecular weight is 386 g/mol. The van der Waals surface area contributed by atoms with Crippen LogP contribution in [0.1, 0.15) is 43.6 Å². The molecule has 0 aliphatic carbocycles. The van der Waals surface area contributed by atoms with Crippen molar-refractivity contribution in [1.82, 2.24) is 0 Å². The van der Waals surface area contributed by atoms with Crippen LogP contribution in [0.25, 0.3) is 0 Å². The molecule has 0 fully saturated rings. The first-order valence-corrected chi connectivity index (χ1v) is 9.44. The highest BCUT2D eigenvalue weighted by Crippen LogP contribution is 2.37. The van der Waals surface area contributed by atoms with Gasteiger partial charge >= 0.3 is 5.97 Å². The molecule has 1 atom stereocenters. The van der Waals surface area contributed by atoms with Gasteiger partial charge in [0.2, 0.25) is 0 Å². The number of fused-ring (bicyclic) bond motifs is 1. The third-order valence-electron chi connectivity index (χ3n) is 5.34. The fourth-order valence-electron chi connectivity index (χ4n) is 3.55. The van der Waals surface area contributed by atoms with E-state index >= 15 is 0 Å². The van der Waals surface area contributed by atoms with Crippen LogP contribution in [-0.4, -0.2) is 19.0 Å². The Hall–Kier alpha value is -3.60. The molecule has 4 rings (SSSR count). The molecule has 1 N–H and O–H groups in total. The summed E-state index contributed by atoms with van der Waals surface area (Å²) in [4.78, 5) is 27.0. The highest BCUT2D eigenvalue weighted by atomic mass is 16.5. The molecule has 146 valence electrons. The van der Waals surface area contributed by atoms with E-state index < -0.39 is 6.17 Å². The minimum atomic E-state index is -0.397. The van der Waals surface area contributed by atoms with Gasteiger partial charge in [-0.2, -0.15) is 0 Å². The van der Waals surface area contributed by atoms with Crippen molar-refractivity contribution in [1.29, 1.82) is 0 Å². The Morgan fingerprint density at radius 1 is 0.966 bits per heavy atom. The molecule has 5 heteroatoms. The van der Waals surface area contributed by atoms with Gasteiger partial charge in [-0.3, -0.25) is 9.69 Å². The molecule has 29 heavy (non-hydrogen) atoms. The van der Waals surface area contributed by atoms with Crippen molar-refractivity contribution in [3.05, 3.63) is 94.5 Å². The van der Waals surface area contributed by atoms with Crippen molar-refractivity contribution >= 4 is 23.3 Å². The third-order valence-corrected chi connectivity index (χ3v) is 5.34. The zero-order chi connectivity index (χ0) is 20.5. The first kappa shape index (κ1) is 18.7. The molecule has 1 heterocycles. The maximum Gasteiger partial charge on any atom is 0.337 e. The Bertz CT molecular complexity index is 1090. The summed E-state index contributed by atoms with van der Waals surface area (Å²) in [5, 5.41) is 3.48. The van der Waals surface area contributed by atoms with Crippen LogP contribution >= 0.6 is 0 Å². The standard InChI is InChI=1S/C24H22N2O3/c1-15-8-13-19(14-16(15)2)26-22(17-9-11-18(12-10-17)24(28)29-3)25-21-7-5-4-6-20(21)23(26)27/h4-14,22,25H,1-3H3. The van der Waals surface area contributed by atoms with Crippen LogP contribution < -0.4 is 10.2 Å². The van der Waals surface area contributed by atoms with Gasteiger partial charge in [0, 0.05) is 11.4 Å². The zero-order valence-electron chi connectivity index (χ0n) is 16.6. The van der Waals surface area contributed by atoms with Crippen molar-refractivity contribution in [2.24, 2.45) is 0 Å². The minimum Gasteiger partial charge on any atom is -0.465 e. The Morgan fingerprint density at radius 3 is 2.38 bits per heavy atom. The van der Waals surface area contributed by atoms with Crippen molar-refractivity contribution in [3.63, 3.8) is 0 Å². The number of rotatable bonds is 3. The number of carbonyl (C=O) groups excluding carboxylic acids is 2. The lowest BCUT2D eigenvalue weighted by molar-refractivity contribution is 0.0600. The maximum absolute atomic E-state index is 13.4. The molecule has 5 nitrogen and oxygen atoms in total. The van der Waals surface area contributed by atoms with E-state index in [9.17, 15) is 9.59 Å². The second-order valence-corrected chi connectivity index (χ2v) is 7.15. The first-order chi connectivity index (χ1) is 14.0. The Balaban J connectivity index is 1.81. The minimum absolute atomic E-state index is 0.0651. The van der Waals surface area contributed by atoms with Crippen molar-refractivity contribution in [2.75, 3.05) is 17.3 Å². The molecule has 1 amide bonds. The number of amides is 1. The lowest BCUT2D eigenvalue weighted by Gasteiger charge is -2.38. The van der Waals surface area contributed by atoms with Crippen molar-refractivity contribution in [3.8, 4) is 0 Å². The second-order valence-electron chi connectivity index (χ2n) is 7.15. The number of hydrogen-bond donors (Lipinski definition) is 1. The summed E-state index contributed by atoms with van der Waals surface area (Å²) in [5.41, 5.74) is 5.88. The molecular weight excluding hydrogens is 364 g/mol. The molecular formula is C24H22N2O3. The highest BCUT2D eigenvalue weighted by Gasteiger charge is 2.34. The number of esters is 1. The average Bonchev–Trinajstić information content (AvgIpc) is 2.75. The van der Waals surface area contributed by atoms with Gasteiger partial charge in [0.05, 0.1) is 18.2 Å². The topological polar surface area (TPSA) is 58.6 Å². The molecule has 1 aliphatic rings. The Kier molecular flexibility index (Phi) is 4.80. The number of anilines is 2. The van der Waals surface area contributed by atoms with E-state index in [4.69, 9.17) is 4.74 Å². The SMILES string of the molecule is COC(=O)c1ccc(C2Nc3ccccc3C(=O)N2c2ccc(C)c(C)c2)cc1. The van der Waals surface area contributed by atoms with E-state index in [0.29, 0.717) is 11.1 Å². The Morgan fingerprint density at radius 2 is 1.69 bits per heavy atom. The molecule has 3 aromatic carbocycles. The summed E-state index contributed by atoms with van der Waals surface area (Å²) in [6.45, 7) is 4.09. The van der Waals surface area contributed by atoms with E-state index in [1.54, 1.807) is 17.0 Å². The van der Waals surface area contributed by atoms with E-state index in [1.165, 1.54) is 12.7 Å². The summed E-state index contributed by atoms with van der Waals surface area (Å²) in [7, 11) is 1.36. The van der Waals surface area contributed by atoms with E-state index in [0.717, 1.165) is 22.5 Å². The number of aryl methyl sites for hydroxylation is 2. The number of methoxy groups -OCH3 is 1. The van der Waals surface area contributed by atoms with Gasteiger partial charge in [0.15, 0.2) is 0 Å². The fourth-order valence-corrected chi connectivity index (χ4v) is 3.55. The predicted molar refractivity (Wildman–Crippen MR) is 113 cm³/mol. The molecule has 0 spiro atoms. The van der Waals surface area contributed by atoms with Crippen LogP contribution in [0.5, 0.6) is 0 Å². The zero-order valence-corrected chi connectivity index (χ0v) is 16.6. The number of ether oxygens (including phenoxy) is 1. The largest absolute Gasteiger partial charge is 0.465 e. The summed E-state index contributed by atoms with van der Waals surface area (Å²) in [5.74, 6) is -0.453. The first-order valence-electron chi connectivity index (χ1n) is 9.44. The fraction of sp³-hybridized carbons (Fsp3) is 0.167. The van der Waals surface area contributed by atoms with Crippen molar-refractivity contribution in [2.45, 2.75) is 20.0 Å². The monoisotopic (exact) mass is 386 g/mol. The summed E-state index contributed by atoms with van der Waals surface area (Å²) in [6, 6.07) is 20.6. The Labute approximate surface area is 169 Å². The number of benzene rings is 3. The van der Waals surface area contributed by atoms with Crippen LogP contribution in [-0.2, 0) is 4.74 Å². The van der Waals surface area contributed by atoms with E-state index in [2.05, 4.69) is 5.32 Å². The van der Waals surface area contributed by atoms with Crippen LogP contribution in [0.4, 0.5) is 11.4 Å². The molecule has 1 unspecified atom stereocenters. The van der Waals surface area contributed by atoms with Crippen LogP contribution in [0.2, 0.25) is 0 Å². The van der Waals surface area contributed by atoms with Crippen LogP contribution in [0.15, 0.2) is 66.7 Å². The molecule has 0 aromatic heterocycles. The maximum atomic E-state index is 13.4. The third kappa shape index (κ3) is 3.36. The number of hydrogen-bond acceptors (Lipinski definition) is 4. The smallest absolute Gasteiger partial charge is 0.337 e. The van der Waals surface area contributed by atoms with E-state index in [1.807, 2.05) is 68.4 Å². The molecule has 0 saturated carbocycles. The number of nitrogens with zero attached hydrogens (tertiary/aromatic N) is 1. The van der Waals surface area contributed by atoms with Gasteiger partial charge in [0.25, 0.3) is 5.91 Å². The number of carbonyl (C=O) groups is 2. The summed E-state index contributed by atoms with van der Waals surface area (Å²) >= 11 is 0. The highest BCUT2D eigenvalue weighted by molar-refractivity contribution is 6.12. The molecule has 3 aromatic rings. The van der Waals surface area contributed by atoms with Crippen LogP contribution in [0.3, 0.4) is 0 Å².